The standard InChI is InChI=1S/C20H18F2N2O2S/c1-10-6-7-13-14(8-10)24-15(9-17(27)19(24)23-13)18-12(11(2)25)4-3-5-16(18)26-20(21)22/h3-8,15,17,20,27H,9H2,1-2H3/t15?,17-/m0/s1. The molecule has 2 aromatic carbocycles. The minimum atomic E-state index is -2.97. The number of carbonyl (C=O) groups excluding carboxylic acids is 1. The zero-order chi connectivity index (χ0) is 19.3. The highest BCUT2D eigenvalue weighted by Gasteiger charge is 2.36. The fourth-order valence-electron chi connectivity index (χ4n) is 3.85. The summed E-state index contributed by atoms with van der Waals surface area (Å²) in [6.45, 7) is 0.436. The molecule has 7 heteroatoms. The van der Waals surface area contributed by atoms with Gasteiger partial charge in [-0.05, 0) is 44.0 Å². The lowest BCUT2D eigenvalue weighted by Gasteiger charge is -2.21. The van der Waals surface area contributed by atoms with Crippen molar-refractivity contribution >= 4 is 29.4 Å². The van der Waals surface area contributed by atoms with Gasteiger partial charge in [0.2, 0.25) is 0 Å². The van der Waals surface area contributed by atoms with Crippen molar-refractivity contribution in [2.75, 3.05) is 0 Å². The van der Waals surface area contributed by atoms with Crippen molar-refractivity contribution < 1.29 is 18.3 Å². The fourth-order valence-corrected chi connectivity index (χ4v) is 4.23. The number of fused-ring (bicyclic) bond motifs is 3. The van der Waals surface area contributed by atoms with E-state index in [1.165, 1.54) is 13.0 Å². The summed E-state index contributed by atoms with van der Waals surface area (Å²) in [6.07, 6.45) is 0.541. The van der Waals surface area contributed by atoms with Crippen molar-refractivity contribution in [3.63, 3.8) is 0 Å². The normalized spacial score (nSPS) is 18.9. The van der Waals surface area contributed by atoms with Crippen molar-refractivity contribution in [1.82, 2.24) is 9.55 Å². The number of hydrogen-bond donors (Lipinski definition) is 1. The molecule has 3 aromatic rings. The number of nitrogens with zero attached hydrogens (tertiary/aromatic N) is 2. The van der Waals surface area contributed by atoms with Crippen molar-refractivity contribution in [3.05, 3.63) is 58.9 Å². The Balaban J connectivity index is 1.97. The fraction of sp³-hybridized carbons (Fsp3) is 0.300. The van der Waals surface area contributed by atoms with Gasteiger partial charge in [0, 0.05) is 11.1 Å². The maximum Gasteiger partial charge on any atom is 0.387 e. The van der Waals surface area contributed by atoms with Crippen molar-refractivity contribution in [2.24, 2.45) is 0 Å². The number of aryl methyl sites for hydroxylation is 1. The number of alkyl halides is 2. The Labute approximate surface area is 160 Å². The van der Waals surface area contributed by atoms with E-state index in [9.17, 15) is 13.6 Å². The summed E-state index contributed by atoms with van der Waals surface area (Å²) in [7, 11) is 0. The Morgan fingerprint density at radius 2 is 2.11 bits per heavy atom. The van der Waals surface area contributed by atoms with Gasteiger partial charge in [0.05, 0.1) is 22.3 Å². The third-order valence-electron chi connectivity index (χ3n) is 4.92. The van der Waals surface area contributed by atoms with Crippen LogP contribution in [0.3, 0.4) is 0 Å². The van der Waals surface area contributed by atoms with Crippen molar-refractivity contribution in [3.8, 4) is 5.75 Å². The number of aromatic nitrogens is 2. The summed E-state index contributed by atoms with van der Waals surface area (Å²) in [6, 6.07) is 10.2. The van der Waals surface area contributed by atoms with Gasteiger partial charge in [-0.25, -0.2) is 4.98 Å². The molecule has 0 spiro atoms. The van der Waals surface area contributed by atoms with Gasteiger partial charge in [-0.2, -0.15) is 21.4 Å². The molecule has 1 aromatic heterocycles. The van der Waals surface area contributed by atoms with Crippen molar-refractivity contribution in [2.45, 2.75) is 38.2 Å². The van der Waals surface area contributed by atoms with Crippen LogP contribution in [0.4, 0.5) is 8.78 Å². The molecule has 140 valence electrons. The molecule has 1 unspecified atom stereocenters. The van der Waals surface area contributed by atoms with Crippen LogP contribution in [-0.4, -0.2) is 21.9 Å². The molecule has 0 aliphatic carbocycles. The molecule has 1 aliphatic heterocycles. The summed E-state index contributed by atoms with van der Waals surface area (Å²) in [5.74, 6) is 0.588. The van der Waals surface area contributed by atoms with E-state index in [-0.39, 0.29) is 22.8 Å². The first-order chi connectivity index (χ1) is 12.9. The van der Waals surface area contributed by atoms with Crippen LogP contribution < -0.4 is 4.74 Å². The Morgan fingerprint density at radius 3 is 2.81 bits per heavy atom. The maximum atomic E-state index is 13.0. The van der Waals surface area contributed by atoms with E-state index < -0.39 is 6.61 Å². The molecule has 4 rings (SSSR count). The molecular weight excluding hydrogens is 370 g/mol. The van der Waals surface area contributed by atoms with E-state index in [1.54, 1.807) is 12.1 Å². The smallest absolute Gasteiger partial charge is 0.387 e. The average molecular weight is 388 g/mol. The first-order valence-electron chi connectivity index (χ1n) is 8.62. The van der Waals surface area contributed by atoms with Gasteiger partial charge in [0.25, 0.3) is 0 Å². The topological polar surface area (TPSA) is 44.1 Å². The van der Waals surface area contributed by atoms with E-state index in [4.69, 9.17) is 4.74 Å². The Bertz CT molecular complexity index is 1050. The number of Topliss-reactive ketones (excluding diaryl/α,β-unsaturated/α-hetero) is 1. The molecule has 0 bridgehead atoms. The van der Waals surface area contributed by atoms with Gasteiger partial charge in [0.1, 0.15) is 11.6 Å². The molecule has 2 heterocycles. The largest absolute Gasteiger partial charge is 0.434 e. The van der Waals surface area contributed by atoms with Gasteiger partial charge in [-0.3, -0.25) is 4.79 Å². The average Bonchev–Trinajstić information content (AvgIpc) is 3.12. The number of rotatable bonds is 4. The van der Waals surface area contributed by atoms with Gasteiger partial charge in [0.15, 0.2) is 5.78 Å². The zero-order valence-electron chi connectivity index (χ0n) is 14.8. The lowest BCUT2D eigenvalue weighted by Crippen LogP contribution is -2.14. The van der Waals surface area contributed by atoms with Crippen LogP contribution >= 0.6 is 12.6 Å². The summed E-state index contributed by atoms with van der Waals surface area (Å²) >= 11 is 4.65. The van der Waals surface area contributed by atoms with E-state index in [0.717, 1.165) is 22.4 Å². The SMILES string of the molecule is CC(=O)c1cccc(OC(F)F)c1C1C[C@H](S)c2nc3ccc(C)cc3n21. The van der Waals surface area contributed by atoms with Crippen LogP contribution in [0.1, 0.15) is 51.9 Å². The Morgan fingerprint density at radius 1 is 1.33 bits per heavy atom. The lowest BCUT2D eigenvalue weighted by molar-refractivity contribution is -0.0507. The highest BCUT2D eigenvalue weighted by atomic mass is 32.1. The van der Waals surface area contributed by atoms with Crippen LogP contribution in [0.5, 0.6) is 5.75 Å². The predicted octanol–water partition coefficient (Wildman–Crippen LogP) is 5.11. The number of ketones is 1. The second kappa shape index (κ2) is 6.64. The second-order valence-electron chi connectivity index (χ2n) is 6.75. The molecule has 4 nitrogen and oxygen atoms in total. The summed E-state index contributed by atoms with van der Waals surface area (Å²) in [5, 5.41) is -0.165. The molecule has 2 atom stereocenters. The van der Waals surface area contributed by atoms with Gasteiger partial charge >= 0.3 is 6.61 Å². The molecule has 0 radical (unpaired) electrons. The highest BCUT2D eigenvalue weighted by Crippen LogP contribution is 2.47. The Kier molecular flexibility index (Phi) is 4.42. The quantitative estimate of drug-likeness (QED) is 0.499. The Hall–Kier alpha value is -2.41. The maximum absolute atomic E-state index is 13.0. The molecule has 0 saturated carbocycles. The first-order valence-corrected chi connectivity index (χ1v) is 9.13. The zero-order valence-corrected chi connectivity index (χ0v) is 15.7. The number of ether oxygens (including phenoxy) is 1. The van der Waals surface area contributed by atoms with Crippen molar-refractivity contribution in [1.29, 1.82) is 0 Å². The molecule has 0 amide bonds. The summed E-state index contributed by atoms with van der Waals surface area (Å²) in [5.41, 5.74) is 3.62. The van der Waals surface area contributed by atoms with Crippen LogP contribution in [0, 0.1) is 6.92 Å². The number of hydrogen-bond acceptors (Lipinski definition) is 4. The van der Waals surface area contributed by atoms with Gasteiger partial charge < -0.3 is 9.30 Å². The van der Waals surface area contributed by atoms with Crippen LogP contribution in [0.15, 0.2) is 36.4 Å². The van der Waals surface area contributed by atoms with E-state index in [0.29, 0.717) is 17.5 Å². The molecular formula is C20H18F2N2O2S. The third kappa shape index (κ3) is 3.00. The summed E-state index contributed by atoms with van der Waals surface area (Å²) in [4.78, 5) is 16.9. The number of imidazole rings is 1. The first kappa shape index (κ1) is 18.0. The number of thiol groups is 1. The van der Waals surface area contributed by atoms with Gasteiger partial charge in [-0.1, -0.05) is 18.2 Å². The highest BCUT2D eigenvalue weighted by molar-refractivity contribution is 7.80. The minimum absolute atomic E-state index is 0.0191. The molecule has 27 heavy (non-hydrogen) atoms. The number of benzene rings is 2. The number of carbonyl (C=O) groups is 1. The minimum Gasteiger partial charge on any atom is -0.434 e. The van der Waals surface area contributed by atoms with E-state index in [1.807, 2.05) is 29.7 Å². The monoisotopic (exact) mass is 388 g/mol. The number of halogens is 2. The third-order valence-corrected chi connectivity index (χ3v) is 5.36. The second-order valence-corrected chi connectivity index (χ2v) is 7.37. The molecule has 1 aliphatic rings. The summed E-state index contributed by atoms with van der Waals surface area (Å²) < 4.78 is 32.8. The molecule has 0 fully saturated rings. The van der Waals surface area contributed by atoms with E-state index in [2.05, 4.69) is 17.6 Å². The van der Waals surface area contributed by atoms with Crippen LogP contribution in [0.2, 0.25) is 0 Å². The molecule has 0 saturated heterocycles. The predicted molar refractivity (Wildman–Crippen MR) is 102 cm³/mol. The molecule has 0 N–H and O–H groups in total. The van der Waals surface area contributed by atoms with Crippen LogP contribution in [-0.2, 0) is 0 Å². The van der Waals surface area contributed by atoms with E-state index >= 15 is 0 Å². The lowest BCUT2D eigenvalue weighted by atomic mass is 9.95. The van der Waals surface area contributed by atoms with Gasteiger partial charge in [-0.15, -0.1) is 0 Å². The van der Waals surface area contributed by atoms with Crippen LogP contribution in [0.25, 0.3) is 11.0 Å².